The van der Waals surface area contributed by atoms with Crippen molar-refractivity contribution < 1.29 is 14.3 Å². The van der Waals surface area contributed by atoms with Gasteiger partial charge in [-0.1, -0.05) is 33.1 Å². The Bertz CT molecular complexity index is 1150. The van der Waals surface area contributed by atoms with E-state index in [0.717, 1.165) is 78.4 Å². The fourth-order valence-electron chi connectivity index (χ4n) is 6.95. The van der Waals surface area contributed by atoms with Crippen molar-refractivity contribution in [2.45, 2.75) is 69.1 Å². The highest BCUT2D eigenvalue weighted by Gasteiger charge is 2.41. The predicted octanol–water partition coefficient (Wildman–Crippen LogP) is 6.75. The average molecular weight is 653 g/mol. The van der Waals surface area contributed by atoms with E-state index < -0.39 is 5.79 Å². The quantitative estimate of drug-likeness (QED) is 0.360. The van der Waals surface area contributed by atoms with E-state index in [9.17, 15) is 4.79 Å². The number of rotatable bonds is 2. The minimum atomic E-state index is -0.391. The first-order valence-corrected chi connectivity index (χ1v) is 15.4. The number of hydrogen-bond donors (Lipinski definition) is 1. The SMILES string of the molecule is O=C(C=C1CCC2(CC1)OCCO2)N1CCC([C@@H]2c3c(Br)cc(Cl)cc3CCC3=CC(Br)=CNC32)CC1. The molecule has 0 bridgehead atoms. The number of ether oxygens (including phenoxy) is 2. The lowest BCUT2D eigenvalue weighted by Crippen LogP contribution is -2.44. The van der Waals surface area contributed by atoms with Gasteiger partial charge in [0, 0.05) is 58.1 Å². The van der Waals surface area contributed by atoms with Crippen molar-refractivity contribution in [1.29, 1.82) is 0 Å². The van der Waals surface area contributed by atoms with Crippen LogP contribution in [0.4, 0.5) is 0 Å². The number of nitrogens with zero attached hydrogens (tertiary/aromatic N) is 1. The Kier molecular flexibility index (Phi) is 7.63. The van der Waals surface area contributed by atoms with E-state index in [1.54, 1.807) is 0 Å². The van der Waals surface area contributed by atoms with Crippen LogP contribution in [0.3, 0.4) is 0 Å². The van der Waals surface area contributed by atoms with Gasteiger partial charge in [-0.15, -0.1) is 0 Å². The van der Waals surface area contributed by atoms with Gasteiger partial charge in [0.1, 0.15) is 0 Å². The van der Waals surface area contributed by atoms with E-state index in [4.69, 9.17) is 21.1 Å². The number of carbonyl (C=O) groups excluding carboxylic acids is 1. The highest BCUT2D eigenvalue weighted by molar-refractivity contribution is 9.12. The van der Waals surface area contributed by atoms with Gasteiger partial charge in [0.2, 0.25) is 5.91 Å². The molecule has 8 heteroatoms. The van der Waals surface area contributed by atoms with Gasteiger partial charge in [0.25, 0.3) is 0 Å². The number of allylic oxidation sites excluding steroid dienone is 3. The predicted molar refractivity (Wildman–Crippen MR) is 153 cm³/mol. The van der Waals surface area contributed by atoms with Gasteiger partial charge in [-0.3, -0.25) is 4.79 Å². The number of halogens is 3. The van der Waals surface area contributed by atoms with Crippen molar-refractivity contribution in [2.24, 2.45) is 5.92 Å². The summed E-state index contributed by atoms with van der Waals surface area (Å²) in [6, 6.07) is 4.44. The normalized spacial score (nSPS) is 27.5. The second-order valence-corrected chi connectivity index (χ2v) is 13.2. The molecule has 5 aliphatic rings. The van der Waals surface area contributed by atoms with Crippen molar-refractivity contribution in [3.05, 3.63) is 66.7 Å². The van der Waals surface area contributed by atoms with Crippen molar-refractivity contribution in [3.63, 3.8) is 0 Å². The number of fused-ring (bicyclic) bond motifs is 2. The highest BCUT2D eigenvalue weighted by Crippen LogP contribution is 2.47. The summed E-state index contributed by atoms with van der Waals surface area (Å²) in [5.74, 6) is 0.569. The molecule has 1 N–H and O–H groups in total. The Morgan fingerprint density at radius 2 is 1.81 bits per heavy atom. The zero-order chi connectivity index (χ0) is 25.6. The zero-order valence-corrected chi connectivity index (χ0v) is 24.8. The molecule has 37 heavy (non-hydrogen) atoms. The van der Waals surface area contributed by atoms with Gasteiger partial charge in [0.15, 0.2) is 5.79 Å². The van der Waals surface area contributed by atoms with Gasteiger partial charge < -0.3 is 19.7 Å². The molecule has 3 fully saturated rings. The topological polar surface area (TPSA) is 50.8 Å². The molecule has 1 amide bonds. The standard InChI is InChI=1S/C29H33Br2ClN2O3/c30-22-14-21-2-1-20-15-23(32)16-24(31)26(20)27(28(21)33-17-22)19-5-9-34(10-6-19)25(35)13-18-3-7-29(8-4-18)36-11-12-37-29/h13-17,19,27-28,33H,1-12H2/t27-,28?/m1/s1. The Morgan fingerprint density at radius 3 is 2.54 bits per heavy atom. The first kappa shape index (κ1) is 26.1. The minimum Gasteiger partial charge on any atom is -0.383 e. The van der Waals surface area contributed by atoms with Crippen molar-refractivity contribution in [3.8, 4) is 0 Å². The lowest BCUT2D eigenvalue weighted by Gasteiger charge is -2.41. The van der Waals surface area contributed by atoms with Crippen LogP contribution in [-0.2, 0) is 20.7 Å². The molecule has 1 aromatic carbocycles. The van der Waals surface area contributed by atoms with Gasteiger partial charge in [-0.25, -0.2) is 0 Å². The molecular weight excluding hydrogens is 620 g/mol. The van der Waals surface area contributed by atoms with Crippen molar-refractivity contribution in [1.82, 2.24) is 10.2 Å². The summed E-state index contributed by atoms with van der Waals surface area (Å²) in [7, 11) is 0. The molecule has 1 saturated carbocycles. The van der Waals surface area contributed by atoms with Crippen LogP contribution in [0, 0.1) is 5.92 Å². The molecule has 2 aliphatic carbocycles. The number of benzene rings is 1. The van der Waals surface area contributed by atoms with Crippen LogP contribution < -0.4 is 5.32 Å². The van der Waals surface area contributed by atoms with Crippen LogP contribution >= 0.6 is 43.5 Å². The number of dihydropyridines is 1. The van der Waals surface area contributed by atoms with Gasteiger partial charge in [0.05, 0.1) is 19.3 Å². The first-order valence-electron chi connectivity index (χ1n) is 13.5. The van der Waals surface area contributed by atoms with E-state index >= 15 is 0 Å². The van der Waals surface area contributed by atoms with Crippen LogP contribution in [0.15, 0.2) is 50.6 Å². The summed E-state index contributed by atoms with van der Waals surface area (Å²) in [4.78, 5) is 15.2. The number of hydrogen-bond acceptors (Lipinski definition) is 4. The lowest BCUT2D eigenvalue weighted by molar-refractivity contribution is -0.171. The van der Waals surface area contributed by atoms with Crippen LogP contribution in [0.1, 0.15) is 62.0 Å². The highest BCUT2D eigenvalue weighted by atomic mass is 79.9. The third-order valence-corrected chi connectivity index (χ3v) is 10.2. The number of aryl methyl sites for hydroxylation is 1. The van der Waals surface area contributed by atoms with Crippen molar-refractivity contribution in [2.75, 3.05) is 26.3 Å². The van der Waals surface area contributed by atoms with Crippen LogP contribution in [-0.4, -0.2) is 48.9 Å². The number of likely N-dealkylation sites (tertiary alicyclic amines) is 1. The minimum absolute atomic E-state index is 0.162. The lowest BCUT2D eigenvalue weighted by atomic mass is 9.73. The van der Waals surface area contributed by atoms with E-state index in [1.165, 1.54) is 22.3 Å². The van der Waals surface area contributed by atoms with E-state index in [0.29, 0.717) is 25.0 Å². The maximum atomic E-state index is 13.2. The first-order chi connectivity index (χ1) is 17.9. The fraction of sp³-hybridized carbons (Fsp3) is 0.552. The monoisotopic (exact) mass is 650 g/mol. The van der Waals surface area contributed by atoms with E-state index in [-0.39, 0.29) is 11.9 Å². The molecule has 1 unspecified atom stereocenters. The van der Waals surface area contributed by atoms with Crippen LogP contribution in [0.25, 0.3) is 0 Å². The van der Waals surface area contributed by atoms with E-state index in [2.05, 4.69) is 55.5 Å². The maximum absolute atomic E-state index is 13.2. The Morgan fingerprint density at radius 1 is 1.08 bits per heavy atom. The molecule has 3 aliphatic heterocycles. The summed E-state index contributed by atoms with van der Waals surface area (Å²) in [5, 5.41) is 4.49. The number of amides is 1. The molecule has 5 nitrogen and oxygen atoms in total. The Hall–Kier alpha value is -1.12. The zero-order valence-electron chi connectivity index (χ0n) is 20.9. The molecule has 0 radical (unpaired) electrons. The van der Waals surface area contributed by atoms with E-state index in [1.807, 2.05) is 17.0 Å². The van der Waals surface area contributed by atoms with Crippen molar-refractivity contribution >= 4 is 49.4 Å². The summed E-state index contributed by atoms with van der Waals surface area (Å²) < 4.78 is 13.9. The summed E-state index contributed by atoms with van der Waals surface area (Å²) in [5.41, 5.74) is 5.39. The molecule has 2 saturated heterocycles. The van der Waals surface area contributed by atoms with Crippen LogP contribution in [0.5, 0.6) is 0 Å². The third-order valence-electron chi connectivity index (χ3n) is 8.83. The molecule has 2 atom stereocenters. The Labute approximate surface area is 240 Å². The molecular formula is C29H33Br2ClN2O3. The molecule has 6 rings (SSSR count). The average Bonchev–Trinajstić information content (AvgIpc) is 3.28. The van der Waals surface area contributed by atoms with Gasteiger partial charge >= 0.3 is 0 Å². The Balaban J connectivity index is 1.17. The smallest absolute Gasteiger partial charge is 0.246 e. The summed E-state index contributed by atoms with van der Waals surface area (Å²) in [6.07, 6.45) is 13.7. The van der Waals surface area contributed by atoms with Crippen LogP contribution in [0.2, 0.25) is 5.02 Å². The molecule has 1 aromatic rings. The largest absolute Gasteiger partial charge is 0.383 e. The van der Waals surface area contributed by atoms with Gasteiger partial charge in [-0.2, -0.15) is 0 Å². The molecule has 3 heterocycles. The number of nitrogens with one attached hydrogen (secondary N) is 1. The second kappa shape index (κ2) is 10.8. The second-order valence-electron chi connectivity index (χ2n) is 11.0. The fourth-order valence-corrected chi connectivity index (χ4v) is 8.51. The number of carbonyl (C=O) groups is 1. The maximum Gasteiger partial charge on any atom is 0.246 e. The van der Waals surface area contributed by atoms with Gasteiger partial charge in [-0.05, 0) is 95.3 Å². The molecule has 1 spiro atoms. The molecule has 0 aromatic heterocycles. The molecule has 198 valence electrons. The summed E-state index contributed by atoms with van der Waals surface area (Å²) in [6.45, 7) is 2.96. The number of piperidine rings is 1. The third kappa shape index (κ3) is 5.36. The summed E-state index contributed by atoms with van der Waals surface area (Å²) >= 11 is 14.0.